The van der Waals surface area contributed by atoms with E-state index in [4.69, 9.17) is 4.42 Å². The minimum atomic E-state index is -4.75. The van der Waals surface area contributed by atoms with Gasteiger partial charge in [0.2, 0.25) is 0 Å². The van der Waals surface area contributed by atoms with Crippen molar-refractivity contribution in [3.05, 3.63) is 81.0 Å². The molecule has 0 unspecified atom stereocenters. The second kappa shape index (κ2) is 8.62. The highest BCUT2D eigenvalue weighted by molar-refractivity contribution is 9.10. The van der Waals surface area contributed by atoms with Gasteiger partial charge in [0.1, 0.15) is 23.1 Å². The normalized spacial score (nSPS) is 12.0. The van der Waals surface area contributed by atoms with Crippen LogP contribution in [-0.4, -0.2) is 22.2 Å². The zero-order chi connectivity index (χ0) is 22.9. The first kappa shape index (κ1) is 21.8. The van der Waals surface area contributed by atoms with Crippen LogP contribution in [0.2, 0.25) is 0 Å². The van der Waals surface area contributed by atoms with Gasteiger partial charge in [-0.3, -0.25) is 4.79 Å². The Morgan fingerprint density at radius 3 is 2.59 bits per heavy atom. The molecule has 2 aromatic carbocycles. The van der Waals surface area contributed by atoms with Crippen LogP contribution in [0.4, 0.5) is 13.2 Å². The lowest BCUT2D eigenvalue weighted by Crippen LogP contribution is -2.22. The number of fused-ring (bicyclic) bond motifs is 1. The molecule has 4 aromatic rings. The molecule has 4 rings (SSSR count). The fraction of sp³-hybridized carbons (Fsp3) is 0.136. The largest absolute Gasteiger partial charge is 0.573 e. The third-order valence-electron chi connectivity index (χ3n) is 4.49. The van der Waals surface area contributed by atoms with E-state index in [1.807, 2.05) is 13.0 Å². The molecule has 0 aliphatic rings. The van der Waals surface area contributed by atoms with Crippen molar-refractivity contribution in [2.75, 3.05) is 0 Å². The fourth-order valence-electron chi connectivity index (χ4n) is 3.06. The Labute approximate surface area is 188 Å². The number of aryl methyl sites for hydroxylation is 1. The molecule has 0 amide bonds. The second-order valence-electron chi connectivity index (χ2n) is 6.68. The topological polar surface area (TPSA) is 69.6 Å². The molecular formula is C22H15BrF3N3O3. The molecule has 0 spiro atoms. The summed E-state index contributed by atoms with van der Waals surface area (Å²) in [6, 6.07) is 13.9. The summed E-state index contributed by atoms with van der Waals surface area (Å²) < 4.78 is 48.4. The molecule has 2 aromatic heterocycles. The zero-order valence-electron chi connectivity index (χ0n) is 16.6. The van der Waals surface area contributed by atoms with Crippen LogP contribution in [0.25, 0.3) is 22.2 Å². The maximum absolute atomic E-state index is 12.9. The maximum Gasteiger partial charge on any atom is 0.573 e. The van der Waals surface area contributed by atoms with E-state index in [-0.39, 0.29) is 11.3 Å². The third-order valence-corrected chi connectivity index (χ3v) is 4.98. The lowest BCUT2D eigenvalue weighted by atomic mass is 10.2. The Kier molecular flexibility index (Phi) is 5.88. The summed E-state index contributed by atoms with van der Waals surface area (Å²) >= 11 is 3.35. The van der Waals surface area contributed by atoms with Gasteiger partial charge in [-0.15, -0.1) is 13.2 Å². The molecule has 0 saturated heterocycles. The van der Waals surface area contributed by atoms with Crippen molar-refractivity contribution in [1.82, 2.24) is 9.66 Å². The molecular weight excluding hydrogens is 491 g/mol. The second-order valence-corrected chi connectivity index (χ2v) is 7.59. The van der Waals surface area contributed by atoms with E-state index in [0.717, 1.165) is 4.47 Å². The van der Waals surface area contributed by atoms with Gasteiger partial charge >= 0.3 is 6.36 Å². The van der Waals surface area contributed by atoms with Crippen LogP contribution in [0.5, 0.6) is 5.75 Å². The van der Waals surface area contributed by atoms with Crippen LogP contribution >= 0.6 is 15.9 Å². The first-order chi connectivity index (χ1) is 15.2. The molecule has 0 aliphatic carbocycles. The van der Waals surface area contributed by atoms with E-state index < -0.39 is 6.36 Å². The van der Waals surface area contributed by atoms with Gasteiger partial charge in [-0.25, -0.2) is 4.98 Å². The zero-order valence-corrected chi connectivity index (χ0v) is 18.1. The molecule has 164 valence electrons. The lowest BCUT2D eigenvalue weighted by molar-refractivity contribution is -0.274. The van der Waals surface area contributed by atoms with Crippen LogP contribution in [-0.2, 0) is 6.42 Å². The number of rotatable bonds is 5. The number of aromatic nitrogens is 2. The van der Waals surface area contributed by atoms with E-state index in [0.29, 0.717) is 40.2 Å². The molecule has 0 fully saturated rings. The molecule has 0 N–H and O–H groups in total. The number of nitrogens with zero attached hydrogens (tertiary/aromatic N) is 3. The minimum absolute atomic E-state index is 0.309. The number of alkyl halides is 3. The van der Waals surface area contributed by atoms with Crippen LogP contribution in [0, 0.1) is 0 Å². The number of hydrogen-bond donors (Lipinski definition) is 0. The van der Waals surface area contributed by atoms with E-state index in [1.165, 1.54) is 35.2 Å². The van der Waals surface area contributed by atoms with Crippen LogP contribution < -0.4 is 10.3 Å². The van der Waals surface area contributed by atoms with Gasteiger partial charge in [0.05, 0.1) is 17.1 Å². The predicted molar refractivity (Wildman–Crippen MR) is 117 cm³/mol. The van der Waals surface area contributed by atoms with E-state index >= 15 is 0 Å². The van der Waals surface area contributed by atoms with Crippen molar-refractivity contribution in [2.24, 2.45) is 5.10 Å². The average Bonchev–Trinajstić information content (AvgIpc) is 3.21. The Balaban J connectivity index is 1.61. The smallest absolute Gasteiger partial charge is 0.455 e. The molecule has 0 atom stereocenters. The summed E-state index contributed by atoms with van der Waals surface area (Å²) in [5.41, 5.74) is 0.832. The highest BCUT2D eigenvalue weighted by atomic mass is 79.9. The van der Waals surface area contributed by atoms with Crippen molar-refractivity contribution in [1.29, 1.82) is 0 Å². The van der Waals surface area contributed by atoms with Crippen molar-refractivity contribution in [2.45, 2.75) is 19.7 Å². The minimum Gasteiger partial charge on any atom is -0.455 e. The van der Waals surface area contributed by atoms with Crippen LogP contribution in [0.1, 0.15) is 18.5 Å². The van der Waals surface area contributed by atoms with Gasteiger partial charge in [-0.1, -0.05) is 22.9 Å². The van der Waals surface area contributed by atoms with Gasteiger partial charge in [0, 0.05) is 16.5 Å². The predicted octanol–water partition coefficient (Wildman–Crippen LogP) is 5.76. The van der Waals surface area contributed by atoms with E-state index in [1.54, 1.807) is 24.3 Å². The van der Waals surface area contributed by atoms with Crippen molar-refractivity contribution >= 4 is 33.0 Å². The summed E-state index contributed by atoms with van der Waals surface area (Å²) in [6.07, 6.45) is -2.87. The van der Waals surface area contributed by atoms with Gasteiger partial charge in [0.25, 0.3) is 5.56 Å². The first-order valence-electron chi connectivity index (χ1n) is 9.45. The van der Waals surface area contributed by atoms with Crippen LogP contribution in [0.15, 0.2) is 73.4 Å². The third kappa shape index (κ3) is 4.75. The summed E-state index contributed by atoms with van der Waals surface area (Å²) in [6.45, 7) is 1.87. The maximum atomic E-state index is 12.9. The SMILES string of the molecule is CCc1nc2ccc(Br)cc2c(=O)n1N=Cc1ccc(-c2ccc(OC(F)(F)F)cc2)o1. The van der Waals surface area contributed by atoms with Crippen molar-refractivity contribution in [3.63, 3.8) is 0 Å². The van der Waals surface area contributed by atoms with Crippen molar-refractivity contribution < 1.29 is 22.3 Å². The number of furan rings is 1. The average molecular weight is 506 g/mol. The Morgan fingerprint density at radius 2 is 1.91 bits per heavy atom. The molecule has 0 radical (unpaired) electrons. The number of halogens is 4. The quantitative estimate of drug-likeness (QED) is 0.323. The Bertz CT molecular complexity index is 1360. The van der Waals surface area contributed by atoms with Crippen LogP contribution in [0.3, 0.4) is 0 Å². The molecule has 2 heterocycles. The standard InChI is InChI=1S/C22H15BrF3N3O3/c1-2-20-28-18-9-5-14(23)11-17(18)21(30)29(20)27-12-16-8-10-19(31-16)13-3-6-15(7-4-13)32-22(24,25)26/h3-12H,2H2,1H3. The molecule has 6 nitrogen and oxygen atoms in total. The van der Waals surface area contributed by atoms with Gasteiger partial charge in [0.15, 0.2) is 0 Å². The number of benzene rings is 2. The molecule has 32 heavy (non-hydrogen) atoms. The summed E-state index contributed by atoms with van der Waals surface area (Å²) in [5.74, 6) is 0.956. The lowest BCUT2D eigenvalue weighted by Gasteiger charge is -2.08. The van der Waals surface area contributed by atoms with Crippen molar-refractivity contribution in [3.8, 4) is 17.1 Å². The highest BCUT2D eigenvalue weighted by Gasteiger charge is 2.31. The first-order valence-corrected chi connectivity index (χ1v) is 10.2. The highest BCUT2D eigenvalue weighted by Crippen LogP contribution is 2.27. The summed E-state index contributed by atoms with van der Waals surface area (Å²) in [5, 5.41) is 4.68. The number of ether oxygens (including phenoxy) is 1. The van der Waals surface area contributed by atoms with Gasteiger partial charge in [-0.05, 0) is 54.6 Å². The van der Waals surface area contributed by atoms with E-state index in [9.17, 15) is 18.0 Å². The number of hydrogen-bond acceptors (Lipinski definition) is 5. The summed E-state index contributed by atoms with van der Waals surface area (Å²) in [4.78, 5) is 17.4. The van der Waals surface area contributed by atoms with Gasteiger partial charge < -0.3 is 9.15 Å². The monoisotopic (exact) mass is 505 g/mol. The molecule has 10 heteroatoms. The van der Waals surface area contributed by atoms with Gasteiger partial charge in [-0.2, -0.15) is 9.78 Å². The van der Waals surface area contributed by atoms with E-state index in [2.05, 4.69) is 30.8 Å². The molecule has 0 bridgehead atoms. The Morgan fingerprint density at radius 1 is 1.16 bits per heavy atom. The fourth-order valence-corrected chi connectivity index (χ4v) is 3.42. The molecule has 0 saturated carbocycles. The summed E-state index contributed by atoms with van der Waals surface area (Å²) in [7, 11) is 0. The Hall–Kier alpha value is -3.40. The molecule has 0 aliphatic heterocycles.